The number of hydrogen-bond acceptors (Lipinski definition) is 4. The minimum Gasteiger partial charge on any atom is -0.476 e. The van der Waals surface area contributed by atoms with E-state index in [9.17, 15) is 19.1 Å². The molecule has 0 saturated carbocycles. The number of amides is 1. The van der Waals surface area contributed by atoms with E-state index in [0.29, 0.717) is 29.5 Å². The van der Waals surface area contributed by atoms with E-state index >= 15 is 0 Å². The Bertz CT molecular complexity index is 1070. The molecule has 7 nitrogen and oxygen atoms in total. The number of halogens is 1. The number of hydrogen-bond donors (Lipinski definition) is 2. The first-order valence-corrected chi connectivity index (χ1v) is 8.73. The maximum Gasteiger partial charge on any atom is 0.356 e. The quantitative estimate of drug-likeness (QED) is 0.722. The molecule has 2 unspecified atom stereocenters. The molecule has 2 atom stereocenters. The molecule has 1 amide bonds. The second kappa shape index (κ2) is 6.31. The van der Waals surface area contributed by atoms with Gasteiger partial charge in [0.2, 0.25) is 0 Å². The van der Waals surface area contributed by atoms with Gasteiger partial charge in [-0.05, 0) is 38.1 Å². The molecule has 2 aromatic heterocycles. The minimum absolute atomic E-state index is 0.133. The van der Waals surface area contributed by atoms with E-state index in [-0.39, 0.29) is 29.2 Å². The van der Waals surface area contributed by atoms with Crippen LogP contribution in [-0.4, -0.2) is 56.4 Å². The van der Waals surface area contributed by atoms with E-state index < -0.39 is 11.8 Å². The van der Waals surface area contributed by atoms with Gasteiger partial charge in [0.25, 0.3) is 5.91 Å². The first-order valence-electron chi connectivity index (χ1n) is 8.73. The van der Waals surface area contributed by atoms with Gasteiger partial charge < -0.3 is 15.3 Å². The maximum absolute atomic E-state index is 13.9. The summed E-state index contributed by atoms with van der Waals surface area (Å²) in [5, 5.41) is 13.2. The Morgan fingerprint density at radius 2 is 1.89 bits per heavy atom. The predicted molar refractivity (Wildman–Crippen MR) is 97.6 cm³/mol. The summed E-state index contributed by atoms with van der Waals surface area (Å²) in [4.78, 5) is 30.4. The summed E-state index contributed by atoms with van der Waals surface area (Å²) in [6.07, 6.45) is 1.38. The second-order valence-electron chi connectivity index (χ2n) is 7.05. The molecule has 0 aliphatic carbocycles. The Hall–Kier alpha value is -3.00. The average molecular weight is 370 g/mol. The van der Waals surface area contributed by atoms with Crippen LogP contribution in [0.4, 0.5) is 4.39 Å². The van der Waals surface area contributed by atoms with Crippen LogP contribution in [0.1, 0.15) is 34.7 Å². The van der Waals surface area contributed by atoms with Crippen LogP contribution in [0.5, 0.6) is 0 Å². The van der Waals surface area contributed by atoms with Crippen LogP contribution in [0, 0.1) is 5.82 Å². The summed E-state index contributed by atoms with van der Waals surface area (Å²) < 4.78 is 15.5. The van der Waals surface area contributed by atoms with Crippen LogP contribution in [0.3, 0.4) is 0 Å². The molecule has 1 saturated heterocycles. The van der Waals surface area contributed by atoms with Crippen molar-refractivity contribution in [3.05, 3.63) is 47.7 Å². The normalized spacial score (nSPS) is 20.3. The molecule has 8 heteroatoms. The lowest BCUT2D eigenvalue weighted by Gasteiger charge is -2.36. The van der Waals surface area contributed by atoms with Gasteiger partial charge in [-0.15, -0.1) is 0 Å². The lowest BCUT2D eigenvalue weighted by atomic mass is 10.0. The molecule has 140 valence electrons. The van der Waals surface area contributed by atoms with E-state index in [2.05, 4.69) is 10.3 Å². The zero-order valence-corrected chi connectivity index (χ0v) is 14.9. The Morgan fingerprint density at radius 3 is 2.56 bits per heavy atom. The second-order valence-corrected chi connectivity index (χ2v) is 7.05. The smallest absolute Gasteiger partial charge is 0.356 e. The molecule has 1 aliphatic rings. The van der Waals surface area contributed by atoms with Gasteiger partial charge in [0.05, 0.1) is 16.6 Å². The van der Waals surface area contributed by atoms with Crippen molar-refractivity contribution in [1.29, 1.82) is 0 Å². The highest BCUT2D eigenvalue weighted by molar-refractivity contribution is 6.09. The van der Waals surface area contributed by atoms with Crippen molar-refractivity contribution in [3.8, 4) is 0 Å². The number of rotatable bonds is 2. The van der Waals surface area contributed by atoms with Crippen molar-refractivity contribution in [2.24, 2.45) is 0 Å². The van der Waals surface area contributed by atoms with Crippen LogP contribution in [0.2, 0.25) is 0 Å². The number of carbonyl (C=O) groups is 2. The third kappa shape index (κ3) is 2.91. The monoisotopic (exact) mass is 370 g/mol. The van der Waals surface area contributed by atoms with Crippen LogP contribution >= 0.6 is 0 Å². The minimum atomic E-state index is -1.18. The molecule has 0 bridgehead atoms. The van der Waals surface area contributed by atoms with Crippen molar-refractivity contribution in [1.82, 2.24) is 19.6 Å². The molecule has 4 rings (SSSR count). The standard InChI is InChI=1S/C19H19FN4O3/c1-10-7-23(8-11(2)22-10)18(25)14-6-16-17(19(26)27)21-9-24(16)15-4-3-12(20)5-13(14)15/h3-6,9-11,22H,7-8H2,1-2H3,(H,26,27). The highest BCUT2D eigenvalue weighted by Gasteiger charge is 2.28. The molecule has 2 N–H and O–H groups in total. The van der Waals surface area contributed by atoms with Gasteiger partial charge in [0, 0.05) is 30.6 Å². The van der Waals surface area contributed by atoms with Gasteiger partial charge >= 0.3 is 5.97 Å². The molecular formula is C19H19FN4O3. The lowest BCUT2D eigenvalue weighted by Crippen LogP contribution is -2.55. The van der Waals surface area contributed by atoms with Crippen LogP contribution in [0.25, 0.3) is 16.4 Å². The third-order valence-corrected chi connectivity index (χ3v) is 4.87. The Labute approximate surface area is 154 Å². The average Bonchev–Trinajstić information content (AvgIpc) is 3.03. The zero-order chi connectivity index (χ0) is 19.3. The Balaban J connectivity index is 1.94. The zero-order valence-electron chi connectivity index (χ0n) is 14.9. The van der Waals surface area contributed by atoms with Crippen molar-refractivity contribution >= 4 is 28.3 Å². The van der Waals surface area contributed by atoms with Gasteiger partial charge in [-0.3, -0.25) is 9.20 Å². The van der Waals surface area contributed by atoms with Crippen molar-refractivity contribution in [2.45, 2.75) is 25.9 Å². The van der Waals surface area contributed by atoms with Crippen LogP contribution in [0.15, 0.2) is 30.6 Å². The number of carbonyl (C=O) groups excluding carboxylic acids is 1. The van der Waals surface area contributed by atoms with E-state index in [1.165, 1.54) is 30.6 Å². The number of aromatic nitrogens is 2. The van der Waals surface area contributed by atoms with E-state index in [1.54, 1.807) is 9.30 Å². The molecule has 0 spiro atoms. The molecular weight excluding hydrogens is 351 g/mol. The molecule has 1 aromatic carbocycles. The van der Waals surface area contributed by atoms with Gasteiger partial charge in [0.1, 0.15) is 12.1 Å². The SMILES string of the molecule is CC1CN(C(=O)c2cc3c(C(=O)O)ncn3c3ccc(F)cc23)CC(C)N1. The fourth-order valence-corrected chi connectivity index (χ4v) is 3.84. The molecule has 1 aliphatic heterocycles. The summed E-state index contributed by atoms with van der Waals surface area (Å²) in [6, 6.07) is 5.88. The Kier molecular flexibility index (Phi) is 4.07. The van der Waals surface area contributed by atoms with E-state index in [4.69, 9.17) is 0 Å². The van der Waals surface area contributed by atoms with Crippen molar-refractivity contribution in [3.63, 3.8) is 0 Å². The van der Waals surface area contributed by atoms with Gasteiger partial charge in [-0.25, -0.2) is 14.2 Å². The summed E-state index contributed by atoms with van der Waals surface area (Å²) >= 11 is 0. The van der Waals surface area contributed by atoms with Gasteiger partial charge in [0.15, 0.2) is 5.69 Å². The Morgan fingerprint density at radius 1 is 1.19 bits per heavy atom. The van der Waals surface area contributed by atoms with Crippen LogP contribution in [-0.2, 0) is 0 Å². The summed E-state index contributed by atoms with van der Waals surface area (Å²) in [5.74, 6) is -1.89. The fourth-order valence-electron chi connectivity index (χ4n) is 3.84. The number of carboxylic acids is 1. The number of pyridine rings is 1. The molecule has 3 aromatic rings. The topological polar surface area (TPSA) is 86.9 Å². The number of aromatic carboxylic acids is 1. The lowest BCUT2D eigenvalue weighted by molar-refractivity contribution is 0.0671. The first kappa shape index (κ1) is 17.4. The predicted octanol–water partition coefficient (Wildman–Crippen LogP) is 2.15. The van der Waals surface area contributed by atoms with Gasteiger partial charge in [-0.2, -0.15) is 0 Å². The van der Waals surface area contributed by atoms with E-state index in [0.717, 1.165) is 0 Å². The number of nitrogens with zero attached hydrogens (tertiary/aromatic N) is 3. The number of piperazine rings is 1. The summed E-state index contributed by atoms with van der Waals surface area (Å²) in [5.41, 5.74) is 0.980. The largest absolute Gasteiger partial charge is 0.476 e. The highest BCUT2D eigenvalue weighted by Crippen LogP contribution is 2.26. The van der Waals surface area contributed by atoms with Crippen LogP contribution < -0.4 is 5.32 Å². The van der Waals surface area contributed by atoms with Crippen molar-refractivity contribution < 1.29 is 19.1 Å². The number of benzene rings is 1. The number of fused-ring (bicyclic) bond motifs is 3. The van der Waals surface area contributed by atoms with Crippen molar-refractivity contribution in [2.75, 3.05) is 13.1 Å². The maximum atomic E-state index is 13.9. The summed E-state index contributed by atoms with van der Waals surface area (Å²) in [6.45, 7) is 5.04. The number of imidazole rings is 1. The van der Waals surface area contributed by atoms with E-state index in [1.807, 2.05) is 13.8 Å². The number of nitrogens with one attached hydrogen (secondary N) is 1. The first-order chi connectivity index (χ1) is 12.8. The molecule has 27 heavy (non-hydrogen) atoms. The van der Waals surface area contributed by atoms with Gasteiger partial charge in [-0.1, -0.05) is 0 Å². The third-order valence-electron chi connectivity index (χ3n) is 4.87. The fraction of sp³-hybridized carbons (Fsp3) is 0.316. The highest BCUT2D eigenvalue weighted by atomic mass is 19.1. The molecule has 3 heterocycles. The number of carboxylic acid groups (broad SMARTS) is 1. The molecule has 0 radical (unpaired) electrons. The summed E-state index contributed by atoms with van der Waals surface area (Å²) in [7, 11) is 0. The molecule has 1 fully saturated rings.